The van der Waals surface area contributed by atoms with Gasteiger partial charge in [0.15, 0.2) is 5.76 Å². The Balaban J connectivity index is 1.20. The third-order valence-corrected chi connectivity index (χ3v) is 4.66. The van der Waals surface area contributed by atoms with Gasteiger partial charge in [0.2, 0.25) is 17.6 Å². The van der Waals surface area contributed by atoms with Gasteiger partial charge in [-0.3, -0.25) is 9.36 Å². The van der Waals surface area contributed by atoms with Crippen LogP contribution in [0.5, 0.6) is 0 Å². The summed E-state index contributed by atoms with van der Waals surface area (Å²) in [6.45, 7) is 0. The Morgan fingerprint density at radius 1 is 1.03 bits per heavy atom. The van der Waals surface area contributed by atoms with Crippen molar-refractivity contribution in [3.8, 4) is 17.3 Å². The molecule has 8 heteroatoms. The molecule has 0 aliphatic carbocycles. The molecule has 148 valence electrons. The molecule has 8 nitrogen and oxygen atoms in total. The van der Waals surface area contributed by atoms with Crippen molar-refractivity contribution >= 4 is 22.6 Å². The van der Waals surface area contributed by atoms with E-state index in [-0.39, 0.29) is 12.3 Å². The highest BCUT2D eigenvalue weighted by atomic mass is 16.5. The van der Waals surface area contributed by atoms with Crippen molar-refractivity contribution in [1.29, 1.82) is 0 Å². The highest BCUT2D eigenvalue weighted by Gasteiger charge is 2.12. The molecule has 5 aromatic rings. The Labute approximate surface area is 171 Å². The van der Waals surface area contributed by atoms with Crippen LogP contribution in [-0.2, 0) is 11.2 Å². The van der Waals surface area contributed by atoms with Gasteiger partial charge in [0.05, 0.1) is 17.3 Å². The summed E-state index contributed by atoms with van der Waals surface area (Å²) in [7, 11) is 0. The average molecular weight is 399 g/mol. The highest BCUT2D eigenvalue weighted by molar-refractivity contribution is 5.91. The number of carbonyl (C=O) groups is 1. The van der Waals surface area contributed by atoms with Crippen LogP contribution in [-0.4, -0.2) is 25.6 Å². The zero-order chi connectivity index (χ0) is 20.3. The van der Waals surface area contributed by atoms with Gasteiger partial charge in [-0.05, 0) is 48.5 Å². The van der Waals surface area contributed by atoms with Gasteiger partial charge < -0.3 is 14.3 Å². The first-order valence-corrected chi connectivity index (χ1v) is 9.45. The molecule has 0 aliphatic rings. The van der Waals surface area contributed by atoms with E-state index in [0.717, 1.165) is 22.4 Å². The molecule has 0 unspecified atom stereocenters. The number of furan rings is 1. The Bertz CT molecular complexity index is 1290. The number of fused-ring (bicyclic) bond motifs is 1. The minimum atomic E-state index is -0.131. The van der Waals surface area contributed by atoms with Gasteiger partial charge in [0.1, 0.15) is 6.33 Å². The summed E-state index contributed by atoms with van der Waals surface area (Å²) in [5.74, 6) is 1.16. The van der Waals surface area contributed by atoms with Gasteiger partial charge in [-0.1, -0.05) is 17.3 Å². The smallest absolute Gasteiger partial charge is 0.238 e. The highest BCUT2D eigenvalue weighted by Crippen LogP contribution is 2.20. The first-order chi connectivity index (χ1) is 14.8. The Morgan fingerprint density at radius 2 is 1.90 bits per heavy atom. The lowest BCUT2D eigenvalue weighted by Crippen LogP contribution is -2.12. The van der Waals surface area contributed by atoms with Gasteiger partial charge in [-0.2, -0.15) is 4.98 Å². The van der Waals surface area contributed by atoms with Crippen molar-refractivity contribution < 1.29 is 13.7 Å². The normalized spacial score (nSPS) is 11.1. The molecule has 0 saturated heterocycles. The number of para-hydroxylation sites is 2. The molecule has 5 rings (SSSR count). The van der Waals surface area contributed by atoms with Gasteiger partial charge >= 0.3 is 0 Å². The summed E-state index contributed by atoms with van der Waals surface area (Å²) in [4.78, 5) is 20.9. The number of benzene rings is 2. The van der Waals surface area contributed by atoms with Crippen LogP contribution < -0.4 is 5.32 Å². The Kier molecular flexibility index (Phi) is 4.57. The minimum Gasteiger partial charge on any atom is -0.461 e. The molecule has 0 bridgehead atoms. The van der Waals surface area contributed by atoms with Gasteiger partial charge in [0, 0.05) is 24.2 Å². The van der Waals surface area contributed by atoms with Crippen molar-refractivity contribution in [1.82, 2.24) is 19.7 Å². The molecule has 0 saturated carbocycles. The minimum absolute atomic E-state index is 0.131. The summed E-state index contributed by atoms with van der Waals surface area (Å²) in [6.07, 6.45) is 3.91. The summed E-state index contributed by atoms with van der Waals surface area (Å²) in [5.41, 5.74) is 3.65. The Morgan fingerprint density at radius 3 is 2.73 bits per heavy atom. The van der Waals surface area contributed by atoms with Crippen LogP contribution in [0.2, 0.25) is 0 Å². The van der Waals surface area contributed by atoms with Crippen LogP contribution in [0.15, 0.2) is 82.2 Å². The summed E-state index contributed by atoms with van der Waals surface area (Å²) >= 11 is 0. The largest absolute Gasteiger partial charge is 0.461 e. The molecular formula is C22H17N5O3. The molecule has 0 aliphatic heterocycles. The molecule has 30 heavy (non-hydrogen) atoms. The number of aryl methyl sites for hydroxylation is 1. The number of aromatic nitrogens is 4. The predicted molar refractivity (Wildman–Crippen MR) is 110 cm³/mol. The van der Waals surface area contributed by atoms with Crippen LogP contribution >= 0.6 is 0 Å². The summed E-state index contributed by atoms with van der Waals surface area (Å²) < 4.78 is 12.4. The summed E-state index contributed by atoms with van der Waals surface area (Å²) in [5, 5.41) is 6.74. The van der Waals surface area contributed by atoms with Gasteiger partial charge in [-0.25, -0.2) is 4.98 Å². The molecule has 3 aromatic heterocycles. The monoisotopic (exact) mass is 399 g/mol. The fourth-order valence-electron chi connectivity index (χ4n) is 3.18. The molecule has 1 N–H and O–H groups in total. The van der Waals surface area contributed by atoms with E-state index in [2.05, 4.69) is 20.4 Å². The first kappa shape index (κ1) is 17.9. The average Bonchev–Trinajstić information content (AvgIpc) is 3.53. The third-order valence-electron chi connectivity index (χ3n) is 4.66. The third kappa shape index (κ3) is 3.58. The number of rotatable bonds is 6. The quantitative estimate of drug-likeness (QED) is 0.458. The standard InChI is InChI=1S/C22H17N5O3/c28-20(11-12-21-25-22(26-30-21)19-6-3-13-29-19)24-15-7-9-16(10-8-15)27-14-23-17-4-1-2-5-18(17)27/h1-10,13-14H,11-12H2,(H,24,28). The molecule has 0 atom stereocenters. The number of nitrogens with one attached hydrogen (secondary N) is 1. The second-order valence-corrected chi connectivity index (χ2v) is 6.69. The van der Waals surface area contributed by atoms with Crippen molar-refractivity contribution in [2.24, 2.45) is 0 Å². The van der Waals surface area contributed by atoms with Crippen molar-refractivity contribution in [3.63, 3.8) is 0 Å². The molecule has 2 aromatic carbocycles. The van der Waals surface area contributed by atoms with Crippen LogP contribution in [0, 0.1) is 0 Å². The molecule has 1 amide bonds. The van der Waals surface area contributed by atoms with E-state index >= 15 is 0 Å². The Hall–Kier alpha value is -4.20. The van der Waals surface area contributed by atoms with E-state index in [0.29, 0.717) is 23.9 Å². The van der Waals surface area contributed by atoms with Crippen LogP contribution in [0.4, 0.5) is 5.69 Å². The molecule has 0 radical (unpaired) electrons. The number of anilines is 1. The predicted octanol–water partition coefficient (Wildman–Crippen LogP) is 4.24. The molecule has 0 spiro atoms. The zero-order valence-electron chi connectivity index (χ0n) is 15.9. The number of nitrogens with zero attached hydrogens (tertiary/aromatic N) is 4. The SMILES string of the molecule is O=C(CCc1nc(-c2ccco2)no1)Nc1ccc(-n2cnc3ccccc32)cc1. The molecule has 0 fully saturated rings. The zero-order valence-corrected chi connectivity index (χ0v) is 15.9. The van der Waals surface area contributed by atoms with Crippen LogP contribution in [0.25, 0.3) is 28.3 Å². The van der Waals surface area contributed by atoms with Crippen LogP contribution in [0.3, 0.4) is 0 Å². The van der Waals surface area contributed by atoms with E-state index in [4.69, 9.17) is 8.94 Å². The van der Waals surface area contributed by atoms with Crippen molar-refractivity contribution in [2.45, 2.75) is 12.8 Å². The van der Waals surface area contributed by atoms with E-state index < -0.39 is 0 Å². The fraction of sp³-hybridized carbons (Fsp3) is 0.0909. The number of hydrogen-bond acceptors (Lipinski definition) is 6. The number of carbonyl (C=O) groups excluding carboxylic acids is 1. The summed E-state index contributed by atoms with van der Waals surface area (Å²) in [6, 6.07) is 19.0. The van der Waals surface area contributed by atoms with Gasteiger partial charge in [0.25, 0.3) is 0 Å². The number of amides is 1. The maximum Gasteiger partial charge on any atom is 0.238 e. The van der Waals surface area contributed by atoms with E-state index in [1.54, 1.807) is 24.7 Å². The second-order valence-electron chi connectivity index (χ2n) is 6.69. The van der Waals surface area contributed by atoms with Crippen LogP contribution in [0.1, 0.15) is 12.3 Å². The van der Waals surface area contributed by atoms with Gasteiger partial charge in [-0.15, -0.1) is 0 Å². The lowest BCUT2D eigenvalue weighted by atomic mass is 10.2. The first-order valence-electron chi connectivity index (χ1n) is 9.45. The van der Waals surface area contributed by atoms with E-state index in [1.165, 1.54) is 0 Å². The maximum atomic E-state index is 12.3. The lowest BCUT2D eigenvalue weighted by Gasteiger charge is -2.07. The lowest BCUT2D eigenvalue weighted by molar-refractivity contribution is -0.116. The second kappa shape index (κ2) is 7.67. The van der Waals surface area contributed by atoms with E-state index in [1.807, 2.05) is 53.1 Å². The van der Waals surface area contributed by atoms with E-state index in [9.17, 15) is 4.79 Å². The number of hydrogen-bond donors (Lipinski definition) is 1. The maximum absolute atomic E-state index is 12.3. The topological polar surface area (TPSA) is 99.0 Å². The fourth-order valence-corrected chi connectivity index (χ4v) is 3.18. The molecule has 3 heterocycles. The van der Waals surface area contributed by atoms with Crippen molar-refractivity contribution in [2.75, 3.05) is 5.32 Å². The van der Waals surface area contributed by atoms with Crippen molar-refractivity contribution in [3.05, 3.63) is 79.1 Å². The molecular weight excluding hydrogens is 382 g/mol. The number of imidazole rings is 1.